The van der Waals surface area contributed by atoms with Crippen molar-refractivity contribution in [2.75, 3.05) is 5.73 Å². The molecule has 0 radical (unpaired) electrons. The predicted molar refractivity (Wildman–Crippen MR) is 99.6 cm³/mol. The zero-order valence-electron chi connectivity index (χ0n) is 14.8. The van der Waals surface area contributed by atoms with Crippen LogP contribution in [0.3, 0.4) is 0 Å². The molecule has 4 rings (SSSR count). The Morgan fingerprint density at radius 2 is 1.85 bits per heavy atom. The van der Waals surface area contributed by atoms with Crippen LogP contribution in [0.4, 0.5) is 5.69 Å². The fourth-order valence-electron chi connectivity index (χ4n) is 2.87. The highest BCUT2D eigenvalue weighted by Crippen LogP contribution is 2.32. The van der Waals surface area contributed by atoms with Crippen LogP contribution in [0.5, 0.6) is 11.6 Å². The van der Waals surface area contributed by atoms with Crippen molar-refractivity contribution in [1.82, 2.24) is 24.7 Å². The van der Waals surface area contributed by atoms with Crippen LogP contribution in [0.25, 0.3) is 16.7 Å². The van der Waals surface area contributed by atoms with Gasteiger partial charge >= 0.3 is 0 Å². The molecule has 7 nitrogen and oxygen atoms in total. The third kappa shape index (κ3) is 2.73. The molecule has 26 heavy (non-hydrogen) atoms. The summed E-state index contributed by atoms with van der Waals surface area (Å²) in [7, 11) is 0. The van der Waals surface area contributed by atoms with Crippen molar-refractivity contribution >= 4 is 16.6 Å². The van der Waals surface area contributed by atoms with Crippen LogP contribution < -0.4 is 10.5 Å². The van der Waals surface area contributed by atoms with Crippen molar-refractivity contribution in [3.8, 4) is 17.4 Å². The third-order valence-corrected chi connectivity index (χ3v) is 4.07. The summed E-state index contributed by atoms with van der Waals surface area (Å²) in [6, 6.07) is 11.7. The molecule has 3 aromatic heterocycles. The smallest absolute Gasteiger partial charge is 0.248 e. The molecule has 4 aromatic rings. The fourth-order valence-corrected chi connectivity index (χ4v) is 2.87. The molecule has 0 unspecified atom stereocenters. The van der Waals surface area contributed by atoms with E-state index in [0.717, 1.165) is 28.0 Å². The number of pyridine rings is 1. The van der Waals surface area contributed by atoms with Gasteiger partial charge in [-0.3, -0.25) is 0 Å². The number of benzene rings is 1. The minimum atomic E-state index is 0.276. The summed E-state index contributed by atoms with van der Waals surface area (Å²) in [6.07, 6.45) is 1.42. The molecule has 2 N–H and O–H groups in total. The molecule has 1 aromatic carbocycles. The van der Waals surface area contributed by atoms with Crippen LogP contribution in [-0.2, 0) is 0 Å². The van der Waals surface area contributed by atoms with Gasteiger partial charge < -0.3 is 10.5 Å². The average molecular weight is 346 g/mol. The number of ether oxygens (including phenoxy) is 1. The highest BCUT2D eigenvalue weighted by molar-refractivity contribution is 5.85. The molecule has 0 spiro atoms. The number of aryl methyl sites for hydroxylation is 3. The summed E-state index contributed by atoms with van der Waals surface area (Å²) >= 11 is 0. The van der Waals surface area contributed by atoms with Gasteiger partial charge in [0.2, 0.25) is 5.88 Å². The molecule has 0 aliphatic carbocycles. The molecule has 0 aliphatic rings. The molecule has 130 valence electrons. The van der Waals surface area contributed by atoms with Gasteiger partial charge in [0.1, 0.15) is 17.5 Å². The van der Waals surface area contributed by atoms with Crippen molar-refractivity contribution < 1.29 is 4.74 Å². The second-order valence-electron chi connectivity index (χ2n) is 6.14. The number of hydrogen-bond acceptors (Lipinski definition) is 6. The topological polar surface area (TPSA) is 91.7 Å². The normalized spacial score (nSPS) is 11.0. The second kappa shape index (κ2) is 6.11. The van der Waals surface area contributed by atoms with E-state index in [2.05, 4.69) is 20.1 Å². The number of hydrogen-bond donors (Lipinski definition) is 1. The van der Waals surface area contributed by atoms with Crippen LogP contribution in [0.15, 0.2) is 42.7 Å². The van der Waals surface area contributed by atoms with E-state index >= 15 is 0 Å². The number of nitrogens with two attached hydrogens (primary N) is 1. The summed E-state index contributed by atoms with van der Waals surface area (Å²) in [5.74, 6) is 1.36. The number of anilines is 1. The number of rotatable bonds is 3. The molecule has 0 saturated carbocycles. The van der Waals surface area contributed by atoms with Crippen molar-refractivity contribution in [2.45, 2.75) is 20.8 Å². The van der Waals surface area contributed by atoms with E-state index in [1.807, 2.05) is 57.2 Å². The third-order valence-electron chi connectivity index (χ3n) is 4.07. The van der Waals surface area contributed by atoms with E-state index < -0.39 is 0 Å². The first kappa shape index (κ1) is 16.0. The van der Waals surface area contributed by atoms with Crippen LogP contribution in [0.2, 0.25) is 0 Å². The molecule has 0 amide bonds. The highest BCUT2D eigenvalue weighted by Gasteiger charge is 2.16. The Balaban J connectivity index is 1.80. The van der Waals surface area contributed by atoms with E-state index in [0.29, 0.717) is 17.3 Å². The SMILES string of the molecule is Cc1ccc2cccc(Oc3ncnc(-n4nc(C)cc4C)c3N)c2n1. The van der Waals surface area contributed by atoms with Gasteiger partial charge in [0, 0.05) is 16.8 Å². The number of nitrogens with zero attached hydrogens (tertiary/aromatic N) is 5. The summed E-state index contributed by atoms with van der Waals surface area (Å²) in [5, 5.41) is 5.42. The van der Waals surface area contributed by atoms with E-state index in [1.54, 1.807) is 4.68 Å². The van der Waals surface area contributed by atoms with Crippen LogP contribution in [-0.4, -0.2) is 24.7 Å². The van der Waals surface area contributed by atoms with Crippen LogP contribution in [0.1, 0.15) is 17.1 Å². The van der Waals surface area contributed by atoms with Gasteiger partial charge in [-0.1, -0.05) is 18.2 Å². The predicted octanol–water partition coefficient (Wildman–Crippen LogP) is 3.51. The zero-order valence-corrected chi connectivity index (χ0v) is 14.8. The second-order valence-corrected chi connectivity index (χ2v) is 6.14. The van der Waals surface area contributed by atoms with Crippen molar-refractivity contribution in [1.29, 1.82) is 0 Å². The lowest BCUT2D eigenvalue weighted by atomic mass is 10.2. The molecule has 0 aliphatic heterocycles. The fraction of sp³-hybridized carbons (Fsp3) is 0.158. The summed E-state index contributed by atoms with van der Waals surface area (Å²) in [5.41, 5.74) is 10.1. The van der Waals surface area contributed by atoms with Crippen molar-refractivity contribution in [3.05, 3.63) is 59.8 Å². The largest absolute Gasteiger partial charge is 0.435 e. The molecule has 3 heterocycles. The summed E-state index contributed by atoms with van der Waals surface area (Å²) < 4.78 is 7.69. The molecular formula is C19H18N6O. The lowest BCUT2D eigenvalue weighted by Crippen LogP contribution is -2.08. The molecule has 7 heteroatoms. The highest BCUT2D eigenvalue weighted by atomic mass is 16.5. The van der Waals surface area contributed by atoms with Gasteiger partial charge in [0.05, 0.1) is 5.69 Å². The number of aromatic nitrogens is 5. The van der Waals surface area contributed by atoms with E-state index in [-0.39, 0.29) is 5.88 Å². The quantitative estimate of drug-likeness (QED) is 0.610. The van der Waals surface area contributed by atoms with Gasteiger partial charge in [0.15, 0.2) is 11.6 Å². The lowest BCUT2D eigenvalue weighted by molar-refractivity contribution is 0.467. The maximum Gasteiger partial charge on any atom is 0.248 e. The number of fused-ring (bicyclic) bond motifs is 1. The van der Waals surface area contributed by atoms with Gasteiger partial charge in [-0.05, 0) is 39.0 Å². The van der Waals surface area contributed by atoms with Crippen LogP contribution in [0, 0.1) is 20.8 Å². The van der Waals surface area contributed by atoms with E-state index in [9.17, 15) is 0 Å². The first-order valence-corrected chi connectivity index (χ1v) is 8.21. The Hall–Kier alpha value is -3.48. The first-order chi connectivity index (χ1) is 12.5. The first-order valence-electron chi connectivity index (χ1n) is 8.21. The van der Waals surface area contributed by atoms with E-state index in [1.165, 1.54) is 6.33 Å². The van der Waals surface area contributed by atoms with Gasteiger partial charge in [0.25, 0.3) is 0 Å². The van der Waals surface area contributed by atoms with Crippen molar-refractivity contribution in [2.24, 2.45) is 0 Å². The van der Waals surface area contributed by atoms with E-state index in [4.69, 9.17) is 10.5 Å². The maximum absolute atomic E-state index is 6.28. The molecular weight excluding hydrogens is 328 g/mol. The molecule has 0 saturated heterocycles. The van der Waals surface area contributed by atoms with Gasteiger partial charge in [-0.2, -0.15) is 10.1 Å². The molecule has 0 fully saturated rings. The monoisotopic (exact) mass is 346 g/mol. The molecule has 0 atom stereocenters. The lowest BCUT2D eigenvalue weighted by Gasteiger charge is -2.12. The maximum atomic E-state index is 6.28. The Kier molecular flexibility index (Phi) is 3.76. The van der Waals surface area contributed by atoms with Gasteiger partial charge in [-0.25, -0.2) is 14.6 Å². The number of para-hydroxylation sites is 1. The summed E-state index contributed by atoms with van der Waals surface area (Å²) in [4.78, 5) is 13.0. The average Bonchev–Trinajstić information content (AvgIpc) is 2.95. The van der Waals surface area contributed by atoms with Crippen LogP contribution >= 0.6 is 0 Å². The standard InChI is InChI=1S/C19H18N6O/c1-11-7-8-14-5-4-6-15(17(14)23-11)26-19-16(20)18(21-10-22-19)25-13(3)9-12(2)24-25/h4-10H,20H2,1-3H3. The minimum absolute atomic E-state index is 0.276. The number of nitrogen functional groups attached to an aromatic ring is 1. The Morgan fingerprint density at radius 1 is 1.00 bits per heavy atom. The van der Waals surface area contributed by atoms with Crippen molar-refractivity contribution in [3.63, 3.8) is 0 Å². The summed E-state index contributed by atoms with van der Waals surface area (Å²) in [6.45, 7) is 5.80. The van der Waals surface area contributed by atoms with Gasteiger partial charge in [-0.15, -0.1) is 0 Å². The Bertz CT molecular complexity index is 1120. The Labute approximate surface area is 150 Å². The minimum Gasteiger partial charge on any atom is -0.435 e. The zero-order chi connectivity index (χ0) is 18.3. The molecule has 0 bridgehead atoms. The Morgan fingerprint density at radius 3 is 2.62 bits per heavy atom.